The lowest BCUT2D eigenvalue weighted by Crippen LogP contribution is -2.49. The Bertz CT molecular complexity index is 935. The first-order valence-electron chi connectivity index (χ1n) is 9.74. The minimum Gasteiger partial charge on any atom is -0.486 e. The summed E-state index contributed by atoms with van der Waals surface area (Å²) in [5.74, 6) is 1.92. The van der Waals surface area contributed by atoms with Crippen LogP contribution >= 0.6 is 11.3 Å². The maximum Gasteiger partial charge on any atom is 0.228 e. The lowest BCUT2D eigenvalue weighted by atomic mass is 10.2. The molecule has 1 aromatic carbocycles. The van der Waals surface area contributed by atoms with Gasteiger partial charge in [-0.15, -0.1) is 11.3 Å². The second-order valence-electron chi connectivity index (χ2n) is 7.07. The number of piperazine rings is 1. The van der Waals surface area contributed by atoms with Crippen molar-refractivity contribution in [2.45, 2.75) is 20.0 Å². The van der Waals surface area contributed by atoms with Crippen LogP contribution in [0.25, 0.3) is 0 Å². The number of nitrogens with zero attached hydrogens (tertiary/aromatic N) is 4. The Morgan fingerprint density at radius 3 is 2.62 bits per heavy atom. The number of rotatable bonds is 6. The third-order valence-corrected chi connectivity index (χ3v) is 5.79. The van der Waals surface area contributed by atoms with Crippen LogP contribution < -0.4 is 9.64 Å². The van der Waals surface area contributed by atoms with Gasteiger partial charge in [0, 0.05) is 37.8 Å². The number of aryl methyl sites for hydroxylation is 1. The predicted molar refractivity (Wildman–Crippen MR) is 114 cm³/mol. The zero-order chi connectivity index (χ0) is 20.1. The van der Waals surface area contributed by atoms with Crippen LogP contribution in [0.1, 0.15) is 16.3 Å². The summed E-state index contributed by atoms with van der Waals surface area (Å²) in [7, 11) is 0. The van der Waals surface area contributed by atoms with Gasteiger partial charge in [-0.1, -0.05) is 23.8 Å². The smallest absolute Gasteiger partial charge is 0.228 e. The number of hydrogen-bond donors (Lipinski definition) is 0. The van der Waals surface area contributed by atoms with Crippen LogP contribution in [0.3, 0.4) is 0 Å². The van der Waals surface area contributed by atoms with Crippen molar-refractivity contribution in [1.82, 2.24) is 14.9 Å². The van der Waals surface area contributed by atoms with E-state index in [4.69, 9.17) is 4.74 Å². The summed E-state index contributed by atoms with van der Waals surface area (Å²) < 4.78 is 5.78. The van der Waals surface area contributed by atoms with Crippen molar-refractivity contribution in [2.75, 3.05) is 31.1 Å². The van der Waals surface area contributed by atoms with E-state index in [0.717, 1.165) is 35.4 Å². The molecule has 0 N–H and O–H groups in total. The molecule has 0 saturated carbocycles. The molecule has 1 amide bonds. The van der Waals surface area contributed by atoms with Crippen LogP contribution in [0.2, 0.25) is 0 Å². The number of ether oxygens (including phenoxy) is 1. The van der Waals surface area contributed by atoms with Crippen molar-refractivity contribution in [3.63, 3.8) is 0 Å². The molecule has 0 radical (unpaired) electrons. The average molecular weight is 409 g/mol. The van der Waals surface area contributed by atoms with Gasteiger partial charge in [-0.25, -0.2) is 9.97 Å². The Morgan fingerprint density at radius 1 is 1.10 bits per heavy atom. The van der Waals surface area contributed by atoms with E-state index in [1.165, 1.54) is 16.9 Å². The Balaban J connectivity index is 1.25. The van der Waals surface area contributed by atoms with Crippen LogP contribution in [-0.4, -0.2) is 47.0 Å². The molecule has 6 nitrogen and oxygen atoms in total. The van der Waals surface area contributed by atoms with Gasteiger partial charge in [0.15, 0.2) is 0 Å². The first-order valence-corrected chi connectivity index (χ1v) is 10.6. The Labute approximate surface area is 174 Å². The molecule has 150 valence electrons. The average Bonchev–Trinajstić information content (AvgIpc) is 3.21. The molecule has 0 bridgehead atoms. The van der Waals surface area contributed by atoms with Gasteiger partial charge < -0.3 is 14.5 Å². The monoisotopic (exact) mass is 408 g/mol. The molecular weight excluding hydrogens is 384 g/mol. The van der Waals surface area contributed by atoms with Gasteiger partial charge in [0.25, 0.3) is 0 Å². The van der Waals surface area contributed by atoms with Crippen LogP contribution in [0.5, 0.6) is 5.75 Å². The third kappa shape index (κ3) is 5.12. The summed E-state index contributed by atoms with van der Waals surface area (Å²) in [5.41, 5.74) is 2.02. The molecule has 29 heavy (non-hydrogen) atoms. The third-order valence-electron chi connectivity index (χ3n) is 4.92. The van der Waals surface area contributed by atoms with Crippen molar-refractivity contribution in [2.24, 2.45) is 0 Å². The van der Waals surface area contributed by atoms with Gasteiger partial charge in [0.2, 0.25) is 5.91 Å². The number of amides is 1. The fourth-order valence-electron chi connectivity index (χ4n) is 3.27. The number of benzene rings is 1. The molecule has 3 heterocycles. The summed E-state index contributed by atoms with van der Waals surface area (Å²) in [5, 5.41) is 2.84. The van der Waals surface area contributed by atoms with E-state index in [2.05, 4.69) is 14.9 Å². The summed E-state index contributed by atoms with van der Waals surface area (Å²) in [6.07, 6.45) is 2.14. The number of carbonyl (C=O) groups excluding carboxylic acids is 1. The molecule has 0 spiro atoms. The fraction of sp³-hybridized carbons (Fsp3) is 0.318. The van der Waals surface area contributed by atoms with Crippen LogP contribution in [-0.2, 0) is 17.8 Å². The normalized spacial score (nSPS) is 14.1. The highest BCUT2D eigenvalue weighted by Gasteiger charge is 2.22. The molecule has 7 heteroatoms. The number of anilines is 1. The van der Waals surface area contributed by atoms with E-state index < -0.39 is 0 Å². The predicted octanol–water partition coefficient (Wildman–Crippen LogP) is 3.32. The number of aromatic nitrogens is 2. The number of thiazole rings is 1. The van der Waals surface area contributed by atoms with Gasteiger partial charge >= 0.3 is 0 Å². The molecular formula is C22H24N4O2S. The largest absolute Gasteiger partial charge is 0.486 e. The van der Waals surface area contributed by atoms with Gasteiger partial charge in [-0.3, -0.25) is 4.79 Å². The highest BCUT2D eigenvalue weighted by Crippen LogP contribution is 2.18. The van der Waals surface area contributed by atoms with E-state index in [-0.39, 0.29) is 5.91 Å². The second kappa shape index (κ2) is 9.05. The van der Waals surface area contributed by atoms with Crippen molar-refractivity contribution in [3.05, 3.63) is 70.3 Å². The van der Waals surface area contributed by atoms with E-state index >= 15 is 0 Å². The summed E-state index contributed by atoms with van der Waals surface area (Å²) in [6, 6.07) is 13.9. The molecule has 0 atom stereocenters. The van der Waals surface area contributed by atoms with Gasteiger partial charge in [0.1, 0.15) is 23.2 Å². The first kappa shape index (κ1) is 19.4. The van der Waals surface area contributed by atoms with Crippen LogP contribution in [0.15, 0.2) is 54.0 Å². The first-order chi connectivity index (χ1) is 14.2. The molecule has 2 aromatic heterocycles. The standard InChI is InChI=1S/C22H24N4O2S/c1-17-5-7-19(8-6-17)28-15-21-24-18(16-29-21)14-22(27)26-12-10-25(11-13-26)20-4-2-3-9-23-20/h2-9,16H,10-15H2,1H3. The number of pyridine rings is 1. The lowest BCUT2D eigenvalue weighted by molar-refractivity contribution is -0.130. The van der Waals surface area contributed by atoms with E-state index in [1.807, 2.05) is 59.7 Å². The maximum absolute atomic E-state index is 12.7. The second-order valence-corrected chi connectivity index (χ2v) is 8.01. The summed E-state index contributed by atoms with van der Waals surface area (Å²) >= 11 is 1.53. The molecule has 4 rings (SSSR count). The Hall–Kier alpha value is -2.93. The lowest BCUT2D eigenvalue weighted by Gasteiger charge is -2.35. The quantitative estimate of drug-likeness (QED) is 0.626. The van der Waals surface area contributed by atoms with Crippen LogP contribution in [0.4, 0.5) is 5.82 Å². The van der Waals surface area contributed by atoms with Crippen molar-refractivity contribution in [3.8, 4) is 5.75 Å². The number of hydrogen-bond acceptors (Lipinski definition) is 6. The zero-order valence-corrected chi connectivity index (χ0v) is 17.3. The molecule has 3 aromatic rings. The molecule has 1 saturated heterocycles. The molecule has 1 aliphatic rings. The highest BCUT2D eigenvalue weighted by molar-refractivity contribution is 7.09. The number of carbonyl (C=O) groups is 1. The summed E-state index contributed by atoms with van der Waals surface area (Å²) in [6.45, 7) is 5.49. The molecule has 0 aliphatic carbocycles. The molecule has 1 aliphatic heterocycles. The van der Waals surface area contributed by atoms with Crippen molar-refractivity contribution in [1.29, 1.82) is 0 Å². The topological polar surface area (TPSA) is 58.6 Å². The van der Waals surface area contributed by atoms with Crippen molar-refractivity contribution < 1.29 is 9.53 Å². The highest BCUT2D eigenvalue weighted by atomic mass is 32.1. The SMILES string of the molecule is Cc1ccc(OCc2nc(CC(=O)N3CCN(c4ccccn4)CC3)cs2)cc1. The maximum atomic E-state index is 12.7. The van der Waals surface area contributed by atoms with E-state index in [9.17, 15) is 4.79 Å². The molecule has 0 unspecified atom stereocenters. The zero-order valence-electron chi connectivity index (χ0n) is 16.5. The Kier molecular flexibility index (Phi) is 6.05. The van der Waals surface area contributed by atoms with Gasteiger partial charge in [-0.2, -0.15) is 0 Å². The van der Waals surface area contributed by atoms with E-state index in [1.54, 1.807) is 6.20 Å². The van der Waals surface area contributed by atoms with Gasteiger partial charge in [-0.05, 0) is 31.2 Å². The van der Waals surface area contributed by atoms with E-state index in [0.29, 0.717) is 26.1 Å². The van der Waals surface area contributed by atoms with Gasteiger partial charge in [0.05, 0.1) is 12.1 Å². The van der Waals surface area contributed by atoms with Crippen LogP contribution in [0, 0.1) is 6.92 Å². The minimum atomic E-state index is 0.127. The fourth-order valence-corrected chi connectivity index (χ4v) is 3.97. The summed E-state index contributed by atoms with van der Waals surface area (Å²) in [4.78, 5) is 25.7. The Morgan fingerprint density at radius 2 is 1.90 bits per heavy atom. The van der Waals surface area contributed by atoms with Crippen molar-refractivity contribution >= 4 is 23.1 Å². The molecule has 1 fully saturated rings. The minimum absolute atomic E-state index is 0.127.